The number of esters is 1. The minimum absolute atomic E-state index is 0.0893. The largest absolute Gasteiger partial charge is 0.462 e. The number of carbonyl (C=O) groups is 1. The van der Waals surface area contributed by atoms with Crippen molar-refractivity contribution in [3.63, 3.8) is 0 Å². The van der Waals surface area contributed by atoms with Crippen LogP contribution in [0.1, 0.15) is 17.3 Å². The summed E-state index contributed by atoms with van der Waals surface area (Å²) < 4.78 is 5.83. The molecule has 0 aliphatic heterocycles. The van der Waals surface area contributed by atoms with Gasteiger partial charge in [-0.1, -0.05) is 11.6 Å². The topological polar surface area (TPSA) is 89.9 Å². The molecule has 0 fully saturated rings. The Labute approximate surface area is 106 Å². The minimum atomic E-state index is -0.681. The number of hydrogen-bond donors (Lipinski definition) is 1. The third-order valence-corrected chi connectivity index (χ3v) is 2.32. The molecule has 0 amide bonds. The van der Waals surface area contributed by atoms with Crippen molar-refractivity contribution in [2.75, 3.05) is 6.61 Å². The van der Waals surface area contributed by atoms with Crippen molar-refractivity contribution in [2.24, 2.45) is 0 Å². The SMILES string of the molecule is CCOC(=O)c1c[nH]n(-c2ccc(Cl)nn2)c1=O. The molecule has 2 heterocycles. The first-order chi connectivity index (χ1) is 8.63. The molecule has 0 aliphatic carbocycles. The number of H-pyrrole nitrogens is 1. The van der Waals surface area contributed by atoms with Crippen LogP contribution in [0.2, 0.25) is 5.15 Å². The highest BCUT2D eigenvalue weighted by atomic mass is 35.5. The van der Waals surface area contributed by atoms with Gasteiger partial charge < -0.3 is 4.74 Å². The predicted octanol–water partition coefficient (Wildman–Crippen LogP) is 0.786. The van der Waals surface area contributed by atoms with E-state index in [1.165, 1.54) is 18.3 Å². The van der Waals surface area contributed by atoms with Gasteiger partial charge in [-0.3, -0.25) is 9.89 Å². The smallest absolute Gasteiger partial charge is 0.345 e. The number of aromatic amines is 1. The number of rotatable bonds is 3. The second-order valence-electron chi connectivity index (χ2n) is 3.26. The molecule has 2 aromatic heterocycles. The van der Waals surface area contributed by atoms with Crippen molar-refractivity contribution in [1.29, 1.82) is 0 Å². The number of nitrogens with one attached hydrogen (secondary N) is 1. The molecule has 0 aromatic carbocycles. The maximum absolute atomic E-state index is 11.9. The lowest BCUT2D eigenvalue weighted by Crippen LogP contribution is -2.22. The van der Waals surface area contributed by atoms with Crippen LogP contribution in [-0.4, -0.2) is 32.6 Å². The van der Waals surface area contributed by atoms with E-state index in [-0.39, 0.29) is 23.1 Å². The number of hydrogen-bond acceptors (Lipinski definition) is 5. The number of halogens is 1. The number of carbonyl (C=O) groups excluding carboxylic acids is 1. The number of nitrogens with zero attached hydrogens (tertiary/aromatic N) is 3. The van der Waals surface area contributed by atoms with E-state index < -0.39 is 11.5 Å². The fourth-order valence-corrected chi connectivity index (χ4v) is 1.42. The quantitative estimate of drug-likeness (QED) is 0.831. The van der Waals surface area contributed by atoms with Gasteiger partial charge in [-0.05, 0) is 19.1 Å². The third-order valence-electron chi connectivity index (χ3n) is 2.11. The highest BCUT2D eigenvalue weighted by Crippen LogP contribution is 2.05. The zero-order valence-electron chi connectivity index (χ0n) is 9.38. The second kappa shape index (κ2) is 5.01. The summed E-state index contributed by atoms with van der Waals surface area (Å²) in [5.74, 6) is -0.445. The van der Waals surface area contributed by atoms with E-state index in [0.29, 0.717) is 0 Å². The summed E-state index contributed by atoms with van der Waals surface area (Å²) in [5.41, 5.74) is -0.640. The van der Waals surface area contributed by atoms with Crippen molar-refractivity contribution in [3.05, 3.63) is 39.4 Å². The highest BCUT2D eigenvalue weighted by Gasteiger charge is 2.16. The van der Waals surface area contributed by atoms with Crippen LogP contribution in [0.15, 0.2) is 23.1 Å². The Hall–Kier alpha value is -2.15. The molecule has 94 valence electrons. The van der Waals surface area contributed by atoms with Gasteiger partial charge in [0.05, 0.1) is 6.61 Å². The van der Waals surface area contributed by atoms with Gasteiger partial charge in [0, 0.05) is 6.20 Å². The number of ether oxygens (including phenoxy) is 1. The summed E-state index contributed by atoms with van der Waals surface area (Å²) in [6.45, 7) is 1.86. The van der Waals surface area contributed by atoms with Crippen LogP contribution < -0.4 is 5.56 Å². The molecular formula is C10H9ClN4O3. The molecule has 8 heteroatoms. The fourth-order valence-electron chi connectivity index (χ4n) is 1.32. The average molecular weight is 269 g/mol. The molecule has 1 N–H and O–H groups in total. The molecule has 7 nitrogen and oxygen atoms in total. The molecule has 18 heavy (non-hydrogen) atoms. The molecule has 0 saturated heterocycles. The Morgan fingerprint density at radius 2 is 2.28 bits per heavy atom. The van der Waals surface area contributed by atoms with Gasteiger partial charge in [0.15, 0.2) is 11.0 Å². The van der Waals surface area contributed by atoms with E-state index in [4.69, 9.17) is 16.3 Å². The van der Waals surface area contributed by atoms with Gasteiger partial charge in [-0.2, -0.15) is 4.68 Å². The Balaban J connectivity index is 2.40. The summed E-state index contributed by atoms with van der Waals surface area (Å²) in [5, 5.41) is 10.2. The Morgan fingerprint density at radius 3 is 2.89 bits per heavy atom. The molecule has 0 saturated carbocycles. The van der Waals surface area contributed by atoms with Crippen LogP contribution in [0.4, 0.5) is 0 Å². The fraction of sp³-hybridized carbons (Fsp3) is 0.200. The highest BCUT2D eigenvalue weighted by molar-refractivity contribution is 6.29. The zero-order valence-corrected chi connectivity index (χ0v) is 10.1. The van der Waals surface area contributed by atoms with Crippen LogP contribution in [0.3, 0.4) is 0 Å². The van der Waals surface area contributed by atoms with E-state index in [0.717, 1.165) is 4.68 Å². The summed E-state index contributed by atoms with van der Waals surface area (Å²) >= 11 is 5.59. The predicted molar refractivity (Wildman–Crippen MR) is 62.9 cm³/mol. The molecule has 2 aromatic rings. The van der Waals surface area contributed by atoms with Crippen molar-refractivity contribution in [1.82, 2.24) is 20.0 Å². The number of aromatic nitrogens is 4. The van der Waals surface area contributed by atoms with Crippen LogP contribution >= 0.6 is 11.6 Å². The molecule has 0 radical (unpaired) electrons. The van der Waals surface area contributed by atoms with E-state index >= 15 is 0 Å². The van der Waals surface area contributed by atoms with Gasteiger partial charge in [0.25, 0.3) is 5.56 Å². The van der Waals surface area contributed by atoms with Crippen molar-refractivity contribution >= 4 is 17.6 Å². The third kappa shape index (κ3) is 2.25. The zero-order chi connectivity index (χ0) is 13.1. The molecule has 0 bridgehead atoms. The van der Waals surface area contributed by atoms with Gasteiger partial charge in [-0.15, -0.1) is 10.2 Å². The monoisotopic (exact) mass is 268 g/mol. The normalized spacial score (nSPS) is 10.3. The summed E-state index contributed by atoms with van der Waals surface area (Å²) in [6, 6.07) is 2.99. The van der Waals surface area contributed by atoms with Crippen molar-refractivity contribution < 1.29 is 9.53 Å². The summed E-state index contributed by atoms with van der Waals surface area (Å²) in [4.78, 5) is 23.4. The molecule has 2 rings (SSSR count). The maximum Gasteiger partial charge on any atom is 0.345 e. The van der Waals surface area contributed by atoms with E-state index in [9.17, 15) is 9.59 Å². The first kappa shape index (κ1) is 12.3. The molecule has 0 unspecified atom stereocenters. The van der Waals surface area contributed by atoms with Gasteiger partial charge in [0.2, 0.25) is 0 Å². The lowest BCUT2D eigenvalue weighted by atomic mass is 10.3. The van der Waals surface area contributed by atoms with Crippen molar-refractivity contribution in [2.45, 2.75) is 6.92 Å². The summed E-state index contributed by atoms with van der Waals surface area (Å²) in [6.07, 6.45) is 1.26. The lowest BCUT2D eigenvalue weighted by molar-refractivity contribution is 0.0525. The van der Waals surface area contributed by atoms with Crippen molar-refractivity contribution in [3.8, 4) is 5.82 Å². The van der Waals surface area contributed by atoms with Gasteiger partial charge in [-0.25, -0.2) is 4.79 Å². The average Bonchev–Trinajstić information content (AvgIpc) is 2.73. The first-order valence-corrected chi connectivity index (χ1v) is 5.48. The lowest BCUT2D eigenvalue weighted by Gasteiger charge is -1.98. The Morgan fingerprint density at radius 1 is 1.50 bits per heavy atom. The summed E-state index contributed by atoms with van der Waals surface area (Å²) in [7, 11) is 0. The maximum atomic E-state index is 11.9. The van der Waals surface area contributed by atoms with Gasteiger partial charge >= 0.3 is 5.97 Å². The molecule has 0 spiro atoms. The van der Waals surface area contributed by atoms with Gasteiger partial charge in [0.1, 0.15) is 5.56 Å². The minimum Gasteiger partial charge on any atom is -0.462 e. The Bertz CT molecular complexity index is 617. The second-order valence-corrected chi connectivity index (χ2v) is 3.65. The van der Waals surface area contributed by atoms with Crippen LogP contribution in [0.5, 0.6) is 0 Å². The van der Waals surface area contributed by atoms with E-state index in [1.807, 2.05) is 0 Å². The standard InChI is InChI=1S/C10H9ClN4O3/c1-2-18-10(17)6-5-12-15(9(6)16)8-4-3-7(11)13-14-8/h3-5,12H,2H2,1H3. The van der Waals surface area contributed by atoms with Crippen LogP contribution in [0, 0.1) is 0 Å². The Kier molecular flexibility index (Phi) is 3.42. The van der Waals surface area contributed by atoms with Crippen LogP contribution in [0.25, 0.3) is 5.82 Å². The molecule has 0 aliphatic rings. The van der Waals surface area contributed by atoms with Crippen LogP contribution in [-0.2, 0) is 4.74 Å². The molecular weight excluding hydrogens is 260 g/mol. The van der Waals surface area contributed by atoms with E-state index in [2.05, 4.69) is 15.3 Å². The van der Waals surface area contributed by atoms with E-state index in [1.54, 1.807) is 6.92 Å². The molecule has 0 atom stereocenters. The first-order valence-electron chi connectivity index (χ1n) is 5.10.